The van der Waals surface area contributed by atoms with Gasteiger partial charge >= 0.3 is 5.97 Å². The number of carbonyl (C=O) groups excluding carboxylic acids is 3. The van der Waals surface area contributed by atoms with Crippen LogP contribution in [0.5, 0.6) is 17.2 Å². The lowest BCUT2D eigenvalue weighted by Crippen LogP contribution is -2.58. The van der Waals surface area contributed by atoms with Gasteiger partial charge in [-0.05, 0) is 74.4 Å². The average molecular weight is 797 g/mol. The number of hydrogen-bond donors (Lipinski definition) is 3. The van der Waals surface area contributed by atoms with Crippen LogP contribution in [0.4, 0.5) is 0 Å². The van der Waals surface area contributed by atoms with Crippen LogP contribution in [0.3, 0.4) is 0 Å². The number of aldehydes is 1. The van der Waals surface area contributed by atoms with Crippen molar-refractivity contribution in [2.24, 2.45) is 22.7 Å². The third-order valence-corrected chi connectivity index (χ3v) is 13.0. The number of ketones is 1. The molecule has 2 fully saturated rings. The lowest BCUT2D eigenvalue weighted by Gasteiger charge is -2.49. The number of aliphatic hydroxyl groups excluding tert-OH is 2. The largest absolute Gasteiger partial charge is 0.496 e. The molecular weight excluding hydrogens is 744 g/mol. The molecule has 0 unspecified atom stereocenters. The Bertz CT molecular complexity index is 2230. The summed E-state index contributed by atoms with van der Waals surface area (Å²) in [5.41, 5.74) is 1.56. The van der Waals surface area contributed by atoms with E-state index < -0.39 is 42.7 Å². The van der Waals surface area contributed by atoms with Crippen LogP contribution >= 0.6 is 0 Å². The fraction of sp³-hybridized carbons (Fsp3) is 0.511. The zero-order valence-corrected chi connectivity index (χ0v) is 33.3. The van der Waals surface area contributed by atoms with Crippen molar-refractivity contribution in [3.05, 3.63) is 80.1 Å². The van der Waals surface area contributed by atoms with E-state index in [4.69, 9.17) is 23.7 Å². The van der Waals surface area contributed by atoms with Gasteiger partial charge in [0.2, 0.25) is 5.76 Å². The molecule has 3 N–H and O–H groups in total. The number of carbonyl (C=O) groups is 3. The summed E-state index contributed by atoms with van der Waals surface area (Å²) >= 11 is 0. The normalized spacial score (nSPS) is 28.7. The number of piperidine rings is 1. The number of aliphatic hydroxyl groups is 3. The minimum atomic E-state index is -1.24. The Balaban J connectivity index is 1.25. The second-order valence-electron chi connectivity index (χ2n) is 16.1. The highest BCUT2D eigenvalue weighted by Gasteiger charge is 2.54. The fourth-order valence-electron chi connectivity index (χ4n) is 10.3. The van der Waals surface area contributed by atoms with E-state index in [1.54, 1.807) is 14.0 Å². The van der Waals surface area contributed by atoms with Gasteiger partial charge in [0.05, 0.1) is 55.5 Å². The first-order valence-corrected chi connectivity index (χ1v) is 20.4. The summed E-state index contributed by atoms with van der Waals surface area (Å²) in [7, 11) is 3.20. The highest BCUT2D eigenvalue weighted by molar-refractivity contribution is 6.11. The maximum Gasteiger partial charge on any atom is 0.375 e. The van der Waals surface area contributed by atoms with Gasteiger partial charge in [0.15, 0.2) is 6.29 Å². The van der Waals surface area contributed by atoms with Crippen LogP contribution in [0.25, 0.3) is 11.6 Å². The molecule has 2 aromatic carbocycles. The Hall–Kier alpha value is -4.66. The molecule has 0 spiro atoms. The quantitative estimate of drug-likeness (QED) is 0.124. The number of benzene rings is 2. The van der Waals surface area contributed by atoms with E-state index in [0.717, 1.165) is 48.6 Å². The molecule has 308 valence electrons. The van der Waals surface area contributed by atoms with E-state index >= 15 is 0 Å². The van der Waals surface area contributed by atoms with Crippen molar-refractivity contribution in [2.45, 2.75) is 69.7 Å². The standard InChI is InChI=1S/C45H52N2O11/c1-4-56-44(52)43-32(23-49)37(28-18-29(22-48)39(51)30(19-28)25-8-9-35-26(17-25)10-13-46-35)38-41(55-3)31-20-36(57-40(31)33(24-50)42(38)58-43)45(53)12-5-7-27-21-47(14-6-16-54-2)15-11-34(27)45/h5,7-10,17,23,27,29-30,34,36,48,50,53H,4,6,11-16,18-22,24H2,1-3H3/b37-28-/t27-,29-,30-,34-,36+,45-/m1/s1. The molecule has 1 saturated carbocycles. The Morgan fingerprint density at radius 2 is 2.00 bits per heavy atom. The number of allylic oxidation sites excluding steroid dienone is 3. The maximum absolute atomic E-state index is 14.0. The van der Waals surface area contributed by atoms with Crippen LogP contribution in [0, 0.1) is 17.8 Å². The van der Waals surface area contributed by atoms with Gasteiger partial charge in [-0.3, -0.25) is 14.6 Å². The number of methoxy groups -OCH3 is 2. The molecule has 0 aromatic heterocycles. The molecule has 0 bridgehead atoms. The summed E-state index contributed by atoms with van der Waals surface area (Å²) in [6.07, 6.45) is 8.68. The molecule has 2 aliphatic carbocycles. The van der Waals surface area contributed by atoms with Crippen LogP contribution in [0.1, 0.15) is 67.2 Å². The van der Waals surface area contributed by atoms with Crippen LogP contribution in [-0.2, 0) is 36.9 Å². The minimum Gasteiger partial charge on any atom is -0.496 e. The number of esters is 1. The molecule has 4 aliphatic heterocycles. The molecule has 58 heavy (non-hydrogen) atoms. The predicted molar refractivity (Wildman–Crippen MR) is 212 cm³/mol. The smallest absolute Gasteiger partial charge is 0.375 e. The highest BCUT2D eigenvalue weighted by Crippen LogP contribution is 2.57. The lowest BCUT2D eigenvalue weighted by molar-refractivity contribution is -0.141. The van der Waals surface area contributed by atoms with Crippen molar-refractivity contribution >= 4 is 29.7 Å². The van der Waals surface area contributed by atoms with E-state index in [0.29, 0.717) is 59.6 Å². The highest BCUT2D eigenvalue weighted by atomic mass is 16.6. The summed E-state index contributed by atoms with van der Waals surface area (Å²) in [5, 5.41) is 36.2. The lowest BCUT2D eigenvalue weighted by atomic mass is 9.66. The molecule has 8 rings (SSSR count). The summed E-state index contributed by atoms with van der Waals surface area (Å²) in [5.74, 6) is -2.13. The third-order valence-electron chi connectivity index (χ3n) is 13.0. The van der Waals surface area contributed by atoms with Gasteiger partial charge < -0.3 is 43.9 Å². The van der Waals surface area contributed by atoms with Crippen LogP contribution in [0.2, 0.25) is 0 Å². The summed E-state index contributed by atoms with van der Waals surface area (Å²) in [6.45, 7) is 4.46. The first kappa shape index (κ1) is 40.1. The van der Waals surface area contributed by atoms with Crippen molar-refractivity contribution in [2.75, 3.05) is 60.2 Å². The Morgan fingerprint density at radius 1 is 1.16 bits per heavy atom. The Labute approximate surface area is 337 Å². The van der Waals surface area contributed by atoms with E-state index in [1.807, 2.05) is 30.4 Å². The fourth-order valence-corrected chi connectivity index (χ4v) is 10.3. The van der Waals surface area contributed by atoms with Crippen LogP contribution < -0.4 is 24.8 Å². The second-order valence-corrected chi connectivity index (χ2v) is 16.1. The third kappa shape index (κ3) is 6.80. The topological polar surface area (TPSA) is 174 Å². The molecule has 0 amide bonds. The summed E-state index contributed by atoms with van der Waals surface area (Å²) < 4.78 is 29.9. The molecular formula is C45H52N2O11. The summed E-state index contributed by atoms with van der Waals surface area (Å²) in [6, 6.07) is 5.71. The summed E-state index contributed by atoms with van der Waals surface area (Å²) in [4.78, 5) is 47.8. The molecule has 13 heteroatoms. The zero-order valence-electron chi connectivity index (χ0n) is 33.3. The molecule has 6 aliphatic rings. The molecule has 4 heterocycles. The number of ether oxygens (including phenoxy) is 5. The van der Waals surface area contributed by atoms with Gasteiger partial charge in [-0.1, -0.05) is 29.9 Å². The first-order valence-electron chi connectivity index (χ1n) is 20.4. The van der Waals surface area contributed by atoms with Crippen molar-refractivity contribution in [1.29, 1.82) is 0 Å². The molecule has 0 radical (unpaired) electrons. The molecule has 6 atom stereocenters. The maximum atomic E-state index is 14.0. The number of hydrogen-bond acceptors (Lipinski definition) is 13. The van der Waals surface area contributed by atoms with E-state index in [-0.39, 0.29) is 66.1 Å². The SMILES string of the molecule is CCOC(=O)C1=C(C=O)/C(=C2\C[C@H](CO)C(=O)[C@@H](c3ccc4c(c3)=CCN=4)C2)c2c(OC)c3c(c(CO)c2O1)O[C@H]([C@@]1(O)CC=C[C@@H]2CN(CCCOC)CC[C@H]21)C3. The predicted octanol–water partition coefficient (Wildman–Crippen LogP) is 2.49. The van der Waals surface area contributed by atoms with Gasteiger partial charge in [0, 0.05) is 62.1 Å². The second kappa shape index (κ2) is 16.5. The van der Waals surface area contributed by atoms with Gasteiger partial charge in [-0.25, -0.2) is 4.79 Å². The number of Topliss-reactive ketones (excluding diaryl/α,β-unsaturated/α-hetero) is 1. The number of fused-ring (bicyclic) bond motifs is 4. The van der Waals surface area contributed by atoms with E-state index in [9.17, 15) is 29.7 Å². The van der Waals surface area contributed by atoms with Crippen molar-refractivity contribution in [3.63, 3.8) is 0 Å². The molecule has 13 nitrogen and oxygen atoms in total. The van der Waals surface area contributed by atoms with Crippen LogP contribution in [0.15, 0.2) is 52.2 Å². The first-order chi connectivity index (χ1) is 28.2. The zero-order chi connectivity index (χ0) is 40.7. The minimum absolute atomic E-state index is 0.00660. The van der Waals surface area contributed by atoms with Crippen LogP contribution in [-0.4, -0.2) is 110 Å². The molecule has 2 aromatic rings. The number of rotatable bonds is 12. The van der Waals surface area contributed by atoms with Gasteiger partial charge in [0.1, 0.15) is 34.7 Å². The van der Waals surface area contributed by atoms with Crippen molar-refractivity contribution in [1.82, 2.24) is 4.90 Å². The number of nitrogens with zero attached hydrogens (tertiary/aromatic N) is 2. The van der Waals surface area contributed by atoms with Gasteiger partial charge in [-0.15, -0.1) is 0 Å². The van der Waals surface area contributed by atoms with Crippen molar-refractivity contribution in [3.8, 4) is 17.2 Å². The van der Waals surface area contributed by atoms with Crippen molar-refractivity contribution < 1.29 is 53.4 Å². The monoisotopic (exact) mass is 796 g/mol. The van der Waals surface area contributed by atoms with Gasteiger partial charge in [0.25, 0.3) is 0 Å². The van der Waals surface area contributed by atoms with E-state index in [2.05, 4.69) is 16.0 Å². The van der Waals surface area contributed by atoms with E-state index in [1.165, 1.54) is 7.11 Å². The number of likely N-dealkylation sites (tertiary alicyclic amines) is 1. The molecule has 1 saturated heterocycles. The Kier molecular flexibility index (Phi) is 11.4. The Morgan fingerprint density at radius 3 is 2.74 bits per heavy atom. The van der Waals surface area contributed by atoms with Gasteiger partial charge in [-0.2, -0.15) is 0 Å². The average Bonchev–Trinajstić information content (AvgIpc) is 3.90.